The number of aliphatic hydroxyl groups is 1. The van der Waals surface area contributed by atoms with Gasteiger partial charge in [-0.3, -0.25) is 14.5 Å². The van der Waals surface area contributed by atoms with Crippen molar-refractivity contribution in [3.63, 3.8) is 0 Å². The van der Waals surface area contributed by atoms with E-state index in [9.17, 15) is 19.5 Å². The summed E-state index contributed by atoms with van der Waals surface area (Å²) >= 11 is 1.39. The lowest BCUT2D eigenvalue weighted by atomic mass is 9.96. The van der Waals surface area contributed by atoms with E-state index < -0.39 is 23.7 Å². The van der Waals surface area contributed by atoms with Crippen LogP contribution in [0.5, 0.6) is 0 Å². The maximum atomic E-state index is 13.4. The van der Waals surface area contributed by atoms with Gasteiger partial charge in [-0.05, 0) is 52.4 Å². The maximum absolute atomic E-state index is 13.4. The second-order valence-electron chi connectivity index (χ2n) is 9.25. The standard InChI is InChI=1S/C30H25NO5S/c1-18(2)17-36-30(35)20-12-14-21(15-13-20)31-26(24-11-6-16-37-24)25(28(33)29(31)34)27(32)23-10-5-8-19-7-3-4-9-22(19)23/h3-16,18,26,32H,17H2,1-2H3/b27-25-. The average Bonchev–Trinajstić information content (AvgIpc) is 3.53. The number of anilines is 1. The molecule has 0 bridgehead atoms. The molecule has 1 aromatic heterocycles. The van der Waals surface area contributed by atoms with Crippen LogP contribution in [0, 0.1) is 5.92 Å². The van der Waals surface area contributed by atoms with Gasteiger partial charge in [-0.1, -0.05) is 62.4 Å². The van der Waals surface area contributed by atoms with Gasteiger partial charge < -0.3 is 9.84 Å². The van der Waals surface area contributed by atoms with Crippen molar-refractivity contribution < 1.29 is 24.2 Å². The fraction of sp³-hybridized carbons (Fsp3) is 0.167. The van der Waals surface area contributed by atoms with Crippen molar-refractivity contribution in [2.75, 3.05) is 11.5 Å². The summed E-state index contributed by atoms with van der Waals surface area (Å²) in [6.07, 6.45) is 0. The van der Waals surface area contributed by atoms with Gasteiger partial charge in [0, 0.05) is 16.1 Å². The monoisotopic (exact) mass is 511 g/mol. The highest BCUT2D eigenvalue weighted by Crippen LogP contribution is 2.44. The molecule has 2 heterocycles. The predicted octanol–water partition coefficient (Wildman–Crippen LogP) is 6.34. The van der Waals surface area contributed by atoms with Crippen molar-refractivity contribution in [1.82, 2.24) is 0 Å². The molecule has 3 aromatic carbocycles. The van der Waals surface area contributed by atoms with Crippen LogP contribution in [0.1, 0.15) is 40.7 Å². The molecule has 5 rings (SSSR count). The molecule has 1 unspecified atom stereocenters. The number of nitrogens with zero attached hydrogens (tertiary/aromatic N) is 1. The van der Waals surface area contributed by atoms with Crippen molar-refractivity contribution in [1.29, 1.82) is 0 Å². The van der Waals surface area contributed by atoms with Gasteiger partial charge in [-0.2, -0.15) is 0 Å². The molecule has 186 valence electrons. The molecule has 1 saturated heterocycles. The molecule has 1 aliphatic rings. The number of amides is 1. The van der Waals surface area contributed by atoms with Crippen molar-refractivity contribution in [2.24, 2.45) is 5.92 Å². The normalized spacial score (nSPS) is 17.1. The zero-order valence-electron chi connectivity index (χ0n) is 20.4. The topological polar surface area (TPSA) is 83.9 Å². The third-order valence-corrected chi connectivity index (χ3v) is 7.16. The van der Waals surface area contributed by atoms with E-state index in [1.54, 1.807) is 30.3 Å². The third kappa shape index (κ3) is 4.54. The first-order valence-electron chi connectivity index (χ1n) is 12.0. The number of ketones is 1. The molecule has 1 N–H and O–H groups in total. The second kappa shape index (κ2) is 10.0. The predicted molar refractivity (Wildman–Crippen MR) is 145 cm³/mol. The summed E-state index contributed by atoms with van der Waals surface area (Å²) in [5, 5.41) is 15.0. The first-order valence-corrected chi connectivity index (χ1v) is 12.8. The molecular weight excluding hydrogens is 486 g/mol. The number of hydrogen-bond donors (Lipinski definition) is 1. The quantitative estimate of drug-likeness (QED) is 0.141. The summed E-state index contributed by atoms with van der Waals surface area (Å²) in [6, 6.07) is 22.3. The lowest BCUT2D eigenvalue weighted by molar-refractivity contribution is -0.132. The molecule has 6 nitrogen and oxygen atoms in total. The summed E-state index contributed by atoms with van der Waals surface area (Å²) in [5.41, 5.74) is 1.31. The summed E-state index contributed by atoms with van der Waals surface area (Å²) in [6.45, 7) is 4.22. The highest BCUT2D eigenvalue weighted by molar-refractivity contribution is 7.10. The molecule has 0 radical (unpaired) electrons. The van der Waals surface area contributed by atoms with Crippen molar-refractivity contribution >= 4 is 51.2 Å². The molecule has 1 fully saturated rings. The number of benzene rings is 3. The van der Waals surface area contributed by atoms with Crippen molar-refractivity contribution in [3.05, 3.63) is 106 Å². The smallest absolute Gasteiger partial charge is 0.338 e. The maximum Gasteiger partial charge on any atom is 0.338 e. The Morgan fingerprint density at radius 3 is 2.41 bits per heavy atom. The van der Waals surface area contributed by atoms with Gasteiger partial charge in [-0.15, -0.1) is 11.3 Å². The Bertz CT molecular complexity index is 1510. The van der Waals surface area contributed by atoms with E-state index in [-0.39, 0.29) is 17.3 Å². The van der Waals surface area contributed by atoms with Crippen molar-refractivity contribution in [3.8, 4) is 0 Å². The SMILES string of the molecule is CC(C)COC(=O)c1ccc(N2C(=O)C(=O)/C(=C(\O)c3cccc4ccccc34)C2c2cccs2)cc1. The Balaban J connectivity index is 1.59. The van der Waals surface area contributed by atoms with Crippen LogP contribution in [0.2, 0.25) is 0 Å². The number of Topliss-reactive ketones (excluding diaryl/α,β-unsaturated/α-hetero) is 1. The number of esters is 1. The number of ether oxygens (including phenoxy) is 1. The Hall–Kier alpha value is -4.23. The van der Waals surface area contributed by atoms with Gasteiger partial charge in [0.05, 0.1) is 17.7 Å². The molecule has 4 aromatic rings. The van der Waals surface area contributed by atoms with Gasteiger partial charge in [0.2, 0.25) is 0 Å². The van der Waals surface area contributed by atoms with Crippen LogP contribution >= 0.6 is 11.3 Å². The summed E-state index contributed by atoms with van der Waals surface area (Å²) in [5.74, 6) is -1.96. The van der Waals surface area contributed by atoms with E-state index >= 15 is 0 Å². The number of carbonyl (C=O) groups is 3. The number of hydrogen-bond acceptors (Lipinski definition) is 6. The fourth-order valence-corrected chi connectivity index (χ4v) is 5.30. The zero-order chi connectivity index (χ0) is 26.1. The first kappa shape index (κ1) is 24.5. The van der Waals surface area contributed by atoms with E-state index in [2.05, 4.69) is 0 Å². The Morgan fingerprint density at radius 1 is 0.973 bits per heavy atom. The minimum absolute atomic E-state index is 0.0317. The van der Waals surface area contributed by atoms with Crippen molar-refractivity contribution in [2.45, 2.75) is 19.9 Å². The summed E-state index contributed by atoms with van der Waals surface area (Å²) in [4.78, 5) is 41.2. The highest BCUT2D eigenvalue weighted by atomic mass is 32.1. The molecule has 0 spiro atoms. The van der Waals surface area contributed by atoms with Gasteiger partial charge >= 0.3 is 5.97 Å². The van der Waals surface area contributed by atoms with E-state index in [1.165, 1.54) is 16.2 Å². The second-order valence-corrected chi connectivity index (χ2v) is 10.2. The largest absolute Gasteiger partial charge is 0.507 e. The Labute approximate surface area is 218 Å². The van der Waals surface area contributed by atoms with Crippen LogP contribution in [0.15, 0.2) is 89.8 Å². The van der Waals surface area contributed by atoms with E-state index in [0.717, 1.165) is 15.6 Å². The third-order valence-electron chi connectivity index (χ3n) is 6.23. The molecular formula is C30H25NO5S. The Kier molecular flexibility index (Phi) is 6.63. The number of rotatable bonds is 6. The first-order chi connectivity index (χ1) is 17.9. The fourth-order valence-electron chi connectivity index (χ4n) is 4.48. The lowest BCUT2D eigenvalue weighted by Crippen LogP contribution is -2.29. The van der Waals surface area contributed by atoms with Gasteiger partial charge in [-0.25, -0.2) is 4.79 Å². The number of thiophene rings is 1. The molecule has 1 atom stereocenters. The molecule has 1 aliphatic heterocycles. The molecule has 0 saturated carbocycles. The minimum atomic E-state index is -0.808. The molecule has 7 heteroatoms. The zero-order valence-corrected chi connectivity index (χ0v) is 21.2. The number of fused-ring (bicyclic) bond motifs is 1. The average molecular weight is 512 g/mol. The van der Waals surface area contributed by atoms with Gasteiger partial charge in [0.15, 0.2) is 0 Å². The molecule has 0 aliphatic carbocycles. The van der Waals surface area contributed by atoms with Gasteiger partial charge in [0.25, 0.3) is 11.7 Å². The molecule has 37 heavy (non-hydrogen) atoms. The van der Waals surface area contributed by atoms with E-state index in [1.807, 2.05) is 67.8 Å². The van der Waals surface area contributed by atoms with Crippen LogP contribution in [0.25, 0.3) is 16.5 Å². The van der Waals surface area contributed by atoms with E-state index in [0.29, 0.717) is 23.4 Å². The van der Waals surface area contributed by atoms with Gasteiger partial charge in [0.1, 0.15) is 11.8 Å². The summed E-state index contributed by atoms with van der Waals surface area (Å²) in [7, 11) is 0. The molecule has 1 amide bonds. The number of carbonyl (C=O) groups excluding carboxylic acids is 3. The lowest BCUT2D eigenvalue weighted by Gasteiger charge is -2.24. The Morgan fingerprint density at radius 2 is 1.70 bits per heavy atom. The van der Waals surface area contributed by atoms with Crippen LogP contribution in [-0.2, 0) is 14.3 Å². The van der Waals surface area contributed by atoms with Crippen LogP contribution < -0.4 is 4.90 Å². The minimum Gasteiger partial charge on any atom is -0.507 e. The number of aliphatic hydroxyl groups excluding tert-OH is 1. The van der Waals surface area contributed by atoms with Crippen LogP contribution in [-0.4, -0.2) is 29.4 Å². The highest BCUT2D eigenvalue weighted by Gasteiger charge is 2.47. The van der Waals surface area contributed by atoms with Crippen LogP contribution in [0.3, 0.4) is 0 Å². The van der Waals surface area contributed by atoms with Crippen LogP contribution in [0.4, 0.5) is 5.69 Å². The summed E-state index contributed by atoms with van der Waals surface area (Å²) < 4.78 is 5.29. The van der Waals surface area contributed by atoms with E-state index in [4.69, 9.17) is 4.74 Å².